The first-order chi connectivity index (χ1) is 9.81. The molecule has 0 saturated carbocycles. The summed E-state index contributed by atoms with van der Waals surface area (Å²) in [6, 6.07) is 3.55. The van der Waals surface area contributed by atoms with E-state index in [0.29, 0.717) is 10.6 Å². The molecule has 1 aromatic heterocycles. The average molecular weight is 326 g/mol. The van der Waals surface area contributed by atoms with Crippen molar-refractivity contribution in [3.8, 4) is 0 Å². The van der Waals surface area contributed by atoms with Crippen LogP contribution in [0, 0.1) is 6.92 Å². The van der Waals surface area contributed by atoms with Crippen molar-refractivity contribution in [2.75, 3.05) is 0 Å². The van der Waals surface area contributed by atoms with Crippen LogP contribution in [-0.4, -0.2) is 24.5 Å². The maximum Gasteiger partial charge on any atom is 0.335 e. The minimum atomic E-state index is -3.81. The van der Waals surface area contributed by atoms with Crippen LogP contribution in [0.15, 0.2) is 34.7 Å². The highest BCUT2D eigenvalue weighted by molar-refractivity contribution is 7.89. The molecule has 0 aliphatic heterocycles. The van der Waals surface area contributed by atoms with Crippen LogP contribution in [0.25, 0.3) is 0 Å². The second-order valence-corrected chi connectivity index (χ2v) is 7.14. The molecule has 0 fully saturated rings. The third-order valence-corrected chi connectivity index (χ3v) is 5.40. The molecule has 0 saturated heterocycles. The molecule has 6 nitrogen and oxygen atoms in total. The van der Waals surface area contributed by atoms with Crippen LogP contribution < -0.4 is 4.72 Å². The van der Waals surface area contributed by atoms with E-state index in [2.05, 4.69) is 9.71 Å². The normalized spacial score (nSPS) is 13.0. The SMILES string of the molecule is Cc1ccc(S(=O)(=O)NC(C)c2nccs2)cc1C(=O)O. The first-order valence-electron chi connectivity index (χ1n) is 6.07. The zero-order valence-electron chi connectivity index (χ0n) is 11.4. The van der Waals surface area contributed by atoms with Gasteiger partial charge in [0.05, 0.1) is 16.5 Å². The van der Waals surface area contributed by atoms with Crippen LogP contribution >= 0.6 is 11.3 Å². The maximum absolute atomic E-state index is 12.3. The lowest BCUT2D eigenvalue weighted by Crippen LogP contribution is -2.27. The largest absolute Gasteiger partial charge is 0.478 e. The van der Waals surface area contributed by atoms with Crippen molar-refractivity contribution < 1.29 is 18.3 Å². The molecule has 21 heavy (non-hydrogen) atoms. The van der Waals surface area contributed by atoms with Crippen LogP contribution in [0.5, 0.6) is 0 Å². The van der Waals surface area contributed by atoms with Crippen molar-refractivity contribution in [1.29, 1.82) is 0 Å². The van der Waals surface area contributed by atoms with E-state index < -0.39 is 22.0 Å². The van der Waals surface area contributed by atoms with Crippen LogP contribution in [0.4, 0.5) is 0 Å². The Hall–Kier alpha value is -1.77. The van der Waals surface area contributed by atoms with Gasteiger partial charge in [-0.25, -0.2) is 22.9 Å². The predicted octanol–water partition coefficient (Wildman–Crippen LogP) is 2.19. The molecule has 8 heteroatoms. The minimum absolute atomic E-state index is 0.0280. The van der Waals surface area contributed by atoms with Gasteiger partial charge in [0.1, 0.15) is 5.01 Å². The Morgan fingerprint density at radius 3 is 2.71 bits per heavy atom. The van der Waals surface area contributed by atoms with Gasteiger partial charge in [-0.2, -0.15) is 0 Å². The molecule has 0 amide bonds. The molecule has 0 bridgehead atoms. The van der Waals surface area contributed by atoms with Crippen LogP contribution in [0.1, 0.15) is 33.9 Å². The number of hydrogen-bond donors (Lipinski definition) is 2. The Morgan fingerprint density at radius 2 is 2.14 bits per heavy atom. The highest BCUT2D eigenvalue weighted by Crippen LogP contribution is 2.20. The minimum Gasteiger partial charge on any atom is -0.478 e. The molecule has 2 rings (SSSR count). The molecule has 1 heterocycles. The van der Waals surface area contributed by atoms with Gasteiger partial charge in [-0.1, -0.05) is 6.07 Å². The van der Waals surface area contributed by atoms with Crippen molar-refractivity contribution in [3.05, 3.63) is 45.9 Å². The second kappa shape index (κ2) is 5.92. The van der Waals surface area contributed by atoms with E-state index in [1.807, 2.05) is 0 Å². The van der Waals surface area contributed by atoms with E-state index in [0.717, 1.165) is 6.07 Å². The standard InChI is InChI=1S/C13H14N2O4S2/c1-8-3-4-10(7-11(8)13(16)17)21(18,19)15-9(2)12-14-5-6-20-12/h3-7,9,15H,1-2H3,(H,16,17). The van der Waals surface area contributed by atoms with Crippen molar-refractivity contribution in [1.82, 2.24) is 9.71 Å². The number of sulfonamides is 1. The average Bonchev–Trinajstić information content (AvgIpc) is 2.92. The fourth-order valence-corrected chi connectivity index (χ4v) is 3.75. The van der Waals surface area contributed by atoms with Gasteiger partial charge in [-0.3, -0.25) is 0 Å². The van der Waals surface area contributed by atoms with Gasteiger partial charge in [0.25, 0.3) is 0 Å². The zero-order chi connectivity index (χ0) is 15.6. The summed E-state index contributed by atoms with van der Waals surface area (Å²) >= 11 is 1.35. The topological polar surface area (TPSA) is 96.4 Å². The van der Waals surface area contributed by atoms with Crippen molar-refractivity contribution >= 4 is 27.3 Å². The lowest BCUT2D eigenvalue weighted by molar-refractivity contribution is 0.0696. The summed E-state index contributed by atoms with van der Waals surface area (Å²) in [6.07, 6.45) is 1.60. The van der Waals surface area contributed by atoms with E-state index in [9.17, 15) is 13.2 Å². The molecule has 0 spiro atoms. The first kappa shape index (κ1) is 15.6. The van der Waals surface area contributed by atoms with Gasteiger partial charge in [0, 0.05) is 11.6 Å². The summed E-state index contributed by atoms with van der Waals surface area (Å²) in [5.41, 5.74) is 0.481. The van der Waals surface area contributed by atoms with E-state index in [1.54, 1.807) is 25.4 Å². The number of carboxylic acid groups (broad SMARTS) is 1. The fourth-order valence-electron chi connectivity index (χ4n) is 1.80. The maximum atomic E-state index is 12.3. The van der Waals surface area contributed by atoms with Gasteiger partial charge < -0.3 is 5.11 Å². The second-order valence-electron chi connectivity index (χ2n) is 4.50. The summed E-state index contributed by atoms with van der Waals surface area (Å²) in [5.74, 6) is -1.16. The molecular weight excluding hydrogens is 312 g/mol. The lowest BCUT2D eigenvalue weighted by atomic mass is 10.1. The summed E-state index contributed by atoms with van der Waals surface area (Å²) in [6.45, 7) is 3.30. The van der Waals surface area contributed by atoms with Gasteiger partial charge in [0.2, 0.25) is 10.0 Å². The highest BCUT2D eigenvalue weighted by atomic mass is 32.2. The number of aromatic carboxylic acids is 1. The Labute approximate surface area is 126 Å². The Bertz CT molecular complexity index is 754. The third-order valence-electron chi connectivity index (χ3n) is 2.90. The third kappa shape index (κ3) is 3.46. The number of carbonyl (C=O) groups is 1. The fraction of sp³-hybridized carbons (Fsp3) is 0.231. The molecule has 0 aliphatic rings. The molecule has 0 aliphatic carbocycles. The van der Waals surface area contributed by atoms with Gasteiger partial charge in [-0.15, -0.1) is 11.3 Å². The summed E-state index contributed by atoms with van der Waals surface area (Å²) in [4.78, 5) is 15.1. The van der Waals surface area contributed by atoms with Gasteiger partial charge in [0.15, 0.2) is 0 Å². The van der Waals surface area contributed by atoms with Crippen LogP contribution in [0.3, 0.4) is 0 Å². The monoisotopic (exact) mass is 326 g/mol. The van der Waals surface area contributed by atoms with E-state index in [-0.39, 0.29) is 10.5 Å². The number of nitrogens with one attached hydrogen (secondary N) is 1. The molecule has 2 N–H and O–H groups in total. The van der Waals surface area contributed by atoms with Crippen molar-refractivity contribution in [3.63, 3.8) is 0 Å². The molecule has 2 aromatic rings. The number of hydrogen-bond acceptors (Lipinski definition) is 5. The quantitative estimate of drug-likeness (QED) is 0.878. The molecular formula is C13H14N2O4S2. The van der Waals surface area contributed by atoms with Crippen LogP contribution in [0.2, 0.25) is 0 Å². The number of aryl methyl sites for hydroxylation is 1. The number of nitrogens with zero attached hydrogens (tertiary/aromatic N) is 1. The summed E-state index contributed by atoms with van der Waals surface area (Å²) < 4.78 is 27.1. The van der Waals surface area contributed by atoms with E-state index in [1.165, 1.54) is 23.5 Å². The molecule has 0 radical (unpaired) electrons. The number of thiazole rings is 1. The van der Waals surface area contributed by atoms with E-state index in [4.69, 9.17) is 5.11 Å². The summed E-state index contributed by atoms with van der Waals surface area (Å²) in [5, 5.41) is 11.5. The first-order valence-corrected chi connectivity index (χ1v) is 8.43. The summed E-state index contributed by atoms with van der Waals surface area (Å²) in [7, 11) is -3.81. The number of benzene rings is 1. The lowest BCUT2D eigenvalue weighted by Gasteiger charge is -2.13. The molecule has 112 valence electrons. The smallest absolute Gasteiger partial charge is 0.335 e. The predicted molar refractivity (Wildman–Crippen MR) is 79.0 cm³/mol. The molecule has 1 atom stereocenters. The Morgan fingerprint density at radius 1 is 1.43 bits per heavy atom. The van der Waals surface area contributed by atoms with Gasteiger partial charge in [-0.05, 0) is 31.5 Å². The Balaban J connectivity index is 2.32. The van der Waals surface area contributed by atoms with Crippen LogP contribution in [-0.2, 0) is 10.0 Å². The Kier molecular flexibility index (Phi) is 4.40. The highest BCUT2D eigenvalue weighted by Gasteiger charge is 2.21. The van der Waals surface area contributed by atoms with E-state index >= 15 is 0 Å². The zero-order valence-corrected chi connectivity index (χ0v) is 13.0. The van der Waals surface area contributed by atoms with Gasteiger partial charge >= 0.3 is 5.97 Å². The number of carboxylic acids is 1. The number of rotatable bonds is 5. The molecule has 1 aromatic carbocycles. The van der Waals surface area contributed by atoms with Crippen molar-refractivity contribution in [2.45, 2.75) is 24.8 Å². The van der Waals surface area contributed by atoms with Crippen molar-refractivity contribution in [2.24, 2.45) is 0 Å². The molecule has 1 unspecified atom stereocenters. The number of aromatic nitrogens is 1.